The highest BCUT2D eigenvalue weighted by Gasteiger charge is 2.43. The summed E-state index contributed by atoms with van der Waals surface area (Å²) in [5, 5.41) is 13.6. The van der Waals surface area contributed by atoms with Crippen LogP contribution in [0, 0.1) is 5.92 Å². The van der Waals surface area contributed by atoms with E-state index in [9.17, 15) is 19.2 Å². The monoisotopic (exact) mass is 671 g/mol. The van der Waals surface area contributed by atoms with Crippen molar-refractivity contribution in [3.63, 3.8) is 0 Å². The molecule has 256 valence electrons. The lowest BCUT2D eigenvalue weighted by molar-refractivity contribution is -0.134. The molecule has 1 aromatic heterocycles. The molecule has 3 aliphatic rings. The number of carbonyl (C=O) groups is 4. The minimum atomic E-state index is -1.10. The van der Waals surface area contributed by atoms with Crippen molar-refractivity contribution in [2.24, 2.45) is 11.7 Å². The lowest BCUT2D eigenvalue weighted by atomic mass is 9.80. The second-order valence-corrected chi connectivity index (χ2v) is 15.2. The predicted molar refractivity (Wildman–Crippen MR) is 189 cm³/mol. The van der Waals surface area contributed by atoms with Crippen LogP contribution in [0.4, 0.5) is 0 Å². The van der Waals surface area contributed by atoms with Crippen molar-refractivity contribution in [3.8, 4) is 0 Å². The number of rotatable bonds is 10. The molecule has 3 aromatic rings. The number of fused-ring (bicyclic) bond motifs is 1. The molecule has 6 N–H and O–H groups in total. The van der Waals surface area contributed by atoms with Gasteiger partial charge in [-0.25, -0.2) is 0 Å². The normalized spacial score (nSPS) is 24.6. The molecule has 10 heteroatoms. The highest BCUT2D eigenvalue weighted by Crippen LogP contribution is 2.32. The lowest BCUT2D eigenvalue weighted by Gasteiger charge is -2.38. The topological polar surface area (TPSA) is 142 Å². The van der Waals surface area contributed by atoms with E-state index < -0.39 is 11.6 Å². The summed E-state index contributed by atoms with van der Waals surface area (Å²) in [6, 6.07) is 18.4. The van der Waals surface area contributed by atoms with Crippen molar-refractivity contribution in [1.82, 2.24) is 21.3 Å². The Hall–Kier alpha value is -3.76. The van der Waals surface area contributed by atoms with E-state index in [0.29, 0.717) is 30.6 Å². The second kappa shape index (κ2) is 15.6. The molecule has 6 rings (SSSR count). The van der Waals surface area contributed by atoms with Gasteiger partial charge >= 0.3 is 0 Å². The zero-order chi connectivity index (χ0) is 33.5. The van der Waals surface area contributed by atoms with E-state index in [-0.39, 0.29) is 47.7 Å². The van der Waals surface area contributed by atoms with Crippen molar-refractivity contribution >= 4 is 45.1 Å². The molecule has 4 amide bonds. The second-order valence-electron chi connectivity index (χ2n) is 14.1. The molecular formula is C38H49N5O4S. The molecule has 0 radical (unpaired) electrons. The zero-order valence-corrected chi connectivity index (χ0v) is 28.5. The van der Waals surface area contributed by atoms with E-state index >= 15 is 0 Å². The lowest BCUT2D eigenvalue weighted by Crippen LogP contribution is -2.63. The predicted octanol–water partition coefficient (Wildman–Crippen LogP) is 5.12. The molecule has 0 unspecified atom stereocenters. The van der Waals surface area contributed by atoms with E-state index in [4.69, 9.17) is 5.73 Å². The van der Waals surface area contributed by atoms with Crippen molar-refractivity contribution in [2.45, 2.75) is 120 Å². The Morgan fingerprint density at radius 1 is 0.833 bits per heavy atom. The summed E-state index contributed by atoms with van der Waals surface area (Å²) >= 11 is 1.41. The number of benzene rings is 2. The molecule has 0 bridgehead atoms. The van der Waals surface area contributed by atoms with Crippen molar-refractivity contribution < 1.29 is 19.2 Å². The third-order valence-electron chi connectivity index (χ3n) is 10.6. The van der Waals surface area contributed by atoms with E-state index in [1.54, 1.807) is 0 Å². The largest absolute Gasteiger partial charge is 0.352 e. The van der Waals surface area contributed by atoms with Gasteiger partial charge in [-0.1, -0.05) is 87.1 Å². The van der Waals surface area contributed by atoms with Gasteiger partial charge in [-0.3, -0.25) is 19.2 Å². The highest BCUT2D eigenvalue weighted by atomic mass is 32.1. The molecule has 1 heterocycles. The van der Waals surface area contributed by atoms with Gasteiger partial charge in [0.05, 0.1) is 4.88 Å². The Bertz CT molecular complexity index is 1550. The van der Waals surface area contributed by atoms with E-state index in [1.165, 1.54) is 11.3 Å². The SMILES string of the molecule is N[C@H]1CCCC[C@@H]1NC(=O)[C@@H]1CCC[C@H](NC(=O)[C@@H](Cc2ccccc2)NC(=O)C2(NC(=O)c3cc4ccccc4s3)CCCCC2)C1. The minimum absolute atomic E-state index is 0.00803. The van der Waals surface area contributed by atoms with E-state index in [2.05, 4.69) is 21.3 Å². The Kier molecular flexibility index (Phi) is 11.1. The van der Waals surface area contributed by atoms with Gasteiger partial charge < -0.3 is 27.0 Å². The van der Waals surface area contributed by atoms with Crippen LogP contribution >= 0.6 is 11.3 Å². The molecule has 3 saturated carbocycles. The fourth-order valence-electron chi connectivity index (χ4n) is 7.79. The fourth-order valence-corrected chi connectivity index (χ4v) is 8.75. The fraction of sp³-hybridized carbons (Fsp3) is 0.526. The molecular weight excluding hydrogens is 623 g/mol. The number of nitrogens with one attached hydrogen (secondary N) is 4. The molecule has 0 spiro atoms. The van der Waals surface area contributed by atoms with Gasteiger partial charge in [0.25, 0.3) is 5.91 Å². The minimum Gasteiger partial charge on any atom is -0.352 e. The number of amides is 4. The van der Waals surface area contributed by atoms with Crippen LogP contribution in [0.25, 0.3) is 10.1 Å². The summed E-state index contributed by atoms with van der Waals surface area (Å²) in [5.74, 6) is -1.01. The first-order valence-electron chi connectivity index (χ1n) is 17.8. The quantitative estimate of drug-likeness (QED) is 0.203. The van der Waals surface area contributed by atoms with Crippen LogP contribution in [0.2, 0.25) is 0 Å². The van der Waals surface area contributed by atoms with Crippen molar-refractivity contribution in [3.05, 3.63) is 71.1 Å². The number of hydrogen-bond acceptors (Lipinski definition) is 6. The molecule has 9 nitrogen and oxygen atoms in total. The maximum Gasteiger partial charge on any atom is 0.262 e. The van der Waals surface area contributed by atoms with Gasteiger partial charge in [0, 0.05) is 35.2 Å². The Labute approximate surface area is 287 Å². The Morgan fingerprint density at radius 3 is 2.35 bits per heavy atom. The van der Waals surface area contributed by atoms with Crippen LogP contribution in [0.5, 0.6) is 0 Å². The first-order valence-corrected chi connectivity index (χ1v) is 18.6. The maximum atomic E-state index is 14.2. The van der Waals surface area contributed by atoms with Crippen molar-refractivity contribution in [2.75, 3.05) is 0 Å². The zero-order valence-electron chi connectivity index (χ0n) is 27.7. The summed E-state index contributed by atoms with van der Waals surface area (Å²) in [6.07, 6.45) is 10.9. The van der Waals surface area contributed by atoms with Crippen LogP contribution in [-0.2, 0) is 20.8 Å². The van der Waals surface area contributed by atoms with Gasteiger partial charge in [0.2, 0.25) is 17.7 Å². The van der Waals surface area contributed by atoms with Crippen LogP contribution in [0.1, 0.15) is 98.7 Å². The van der Waals surface area contributed by atoms with Gasteiger partial charge in [0.15, 0.2) is 0 Å². The maximum absolute atomic E-state index is 14.2. The van der Waals surface area contributed by atoms with Crippen LogP contribution in [0.3, 0.4) is 0 Å². The first-order chi connectivity index (χ1) is 23.3. The van der Waals surface area contributed by atoms with Gasteiger partial charge in [-0.2, -0.15) is 0 Å². The van der Waals surface area contributed by atoms with Gasteiger partial charge in [0.1, 0.15) is 11.6 Å². The van der Waals surface area contributed by atoms with Gasteiger partial charge in [-0.05, 0) is 68.0 Å². The summed E-state index contributed by atoms with van der Waals surface area (Å²) in [7, 11) is 0. The Balaban J connectivity index is 1.15. The van der Waals surface area contributed by atoms with Crippen LogP contribution in [0.15, 0.2) is 60.7 Å². The van der Waals surface area contributed by atoms with E-state index in [0.717, 1.165) is 79.9 Å². The highest BCUT2D eigenvalue weighted by molar-refractivity contribution is 7.20. The summed E-state index contributed by atoms with van der Waals surface area (Å²) in [6.45, 7) is 0. The third-order valence-corrected chi connectivity index (χ3v) is 11.7. The first kappa shape index (κ1) is 34.1. The average molecular weight is 672 g/mol. The standard InChI is InChI=1S/C38H49N5O4S/c39-29-17-6-7-18-30(29)41-34(44)27-15-11-16-28(23-27)40-35(45)31(22-25-12-3-1-4-13-25)42-37(47)38(20-9-2-10-21-38)43-36(46)33-24-26-14-5-8-19-32(26)48-33/h1,3-5,8,12-14,19,24,27-31H,2,6-7,9-11,15-18,20-23,39H2,(H,40,45)(H,41,44)(H,42,47)(H,43,46)/t27-,28+,29+,30+,31-/m1/s1. The average Bonchev–Trinajstić information content (AvgIpc) is 3.55. The molecule has 0 aliphatic heterocycles. The molecule has 0 saturated heterocycles. The number of nitrogens with two attached hydrogens (primary N) is 1. The molecule has 3 aliphatic carbocycles. The molecule has 3 fully saturated rings. The molecule has 48 heavy (non-hydrogen) atoms. The number of carbonyl (C=O) groups excluding carboxylic acids is 4. The summed E-state index contributed by atoms with van der Waals surface area (Å²) < 4.78 is 1.02. The molecule has 5 atom stereocenters. The van der Waals surface area contributed by atoms with Gasteiger partial charge in [-0.15, -0.1) is 11.3 Å². The molecule has 2 aromatic carbocycles. The number of hydrogen-bond donors (Lipinski definition) is 5. The van der Waals surface area contributed by atoms with E-state index in [1.807, 2.05) is 60.7 Å². The smallest absolute Gasteiger partial charge is 0.262 e. The summed E-state index contributed by atoms with van der Waals surface area (Å²) in [4.78, 5) is 55.6. The number of thiophene rings is 1. The van der Waals surface area contributed by atoms with Crippen LogP contribution < -0.4 is 27.0 Å². The summed E-state index contributed by atoms with van der Waals surface area (Å²) in [5.41, 5.74) is 6.12. The van der Waals surface area contributed by atoms with Crippen LogP contribution in [-0.4, -0.2) is 53.3 Å². The van der Waals surface area contributed by atoms with Crippen molar-refractivity contribution in [1.29, 1.82) is 0 Å². The Morgan fingerprint density at radius 2 is 1.58 bits per heavy atom. The third kappa shape index (κ3) is 8.26.